The summed E-state index contributed by atoms with van der Waals surface area (Å²) in [5.74, 6) is -3.47. The zero-order chi connectivity index (χ0) is 25.4. The van der Waals surface area contributed by atoms with Gasteiger partial charge in [0.15, 0.2) is 0 Å². The fraction of sp³-hybridized carbons (Fsp3) is 0.423. The molecule has 8 nitrogen and oxygen atoms in total. The lowest BCUT2D eigenvalue weighted by atomic mass is 10.1. The number of hydrogen-bond donors (Lipinski definition) is 3. The van der Waals surface area contributed by atoms with E-state index in [1.807, 2.05) is 30.3 Å². The maximum Gasteiger partial charge on any atom is 0.326 e. The van der Waals surface area contributed by atoms with Gasteiger partial charge in [-0.2, -0.15) is 0 Å². The Morgan fingerprint density at radius 2 is 1.92 bits per heavy atom. The van der Waals surface area contributed by atoms with E-state index in [9.17, 15) is 23.5 Å². The van der Waals surface area contributed by atoms with Crippen molar-refractivity contribution < 1.29 is 28.2 Å². The van der Waals surface area contributed by atoms with Crippen LogP contribution in [0, 0.1) is 5.92 Å². The van der Waals surface area contributed by atoms with Crippen LogP contribution in [0.3, 0.4) is 0 Å². The first kappa shape index (κ1) is 24.0. The Morgan fingerprint density at radius 1 is 1.17 bits per heavy atom. The van der Waals surface area contributed by atoms with E-state index in [1.165, 1.54) is 11.5 Å². The van der Waals surface area contributed by atoms with Gasteiger partial charge < -0.3 is 25.5 Å². The Hall–Kier alpha value is -3.69. The number of halogens is 2. The van der Waals surface area contributed by atoms with Gasteiger partial charge in [0.1, 0.15) is 17.6 Å². The normalized spacial score (nSPS) is 20.6. The summed E-state index contributed by atoms with van der Waals surface area (Å²) in [4.78, 5) is 31.9. The number of alkyl halides is 2. The third kappa shape index (κ3) is 5.42. The second kappa shape index (κ2) is 9.40. The maximum absolute atomic E-state index is 13.7. The molecule has 1 amide bonds. The van der Waals surface area contributed by atoms with Crippen LogP contribution in [0.2, 0.25) is 0 Å². The zero-order valence-corrected chi connectivity index (χ0v) is 19.6. The van der Waals surface area contributed by atoms with Crippen LogP contribution >= 0.6 is 0 Å². The molecule has 2 saturated carbocycles. The Kier molecular flexibility index (Phi) is 6.27. The number of hydrogen-bond acceptors (Lipinski definition) is 5. The van der Waals surface area contributed by atoms with Crippen molar-refractivity contribution in [2.24, 2.45) is 5.92 Å². The smallest absolute Gasteiger partial charge is 0.326 e. The summed E-state index contributed by atoms with van der Waals surface area (Å²) in [6.45, 7) is -0.378. The van der Waals surface area contributed by atoms with Crippen molar-refractivity contribution in [3.63, 3.8) is 0 Å². The number of aliphatic carboxylic acids is 1. The molecule has 3 fully saturated rings. The number of carbonyl (C=O) groups excluding carboxylic acids is 1. The molecule has 4 N–H and O–H groups in total. The van der Waals surface area contributed by atoms with Crippen molar-refractivity contribution in [2.45, 2.75) is 50.0 Å². The van der Waals surface area contributed by atoms with Crippen molar-refractivity contribution in [3.8, 4) is 5.88 Å². The highest BCUT2D eigenvalue weighted by atomic mass is 19.3. The third-order valence-electron chi connectivity index (χ3n) is 6.65. The van der Waals surface area contributed by atoms with Crippen LogP contribution in [-0.4, -0.2) is 57.0 Å². The summed E-state index contributed by atoms with van der Waals surface area (Å²) in [5, 5.41) is 10.3. The number of nitrogens with two attached hydrogens (primary N) is 1. The average Bonchev–Trinajstić information content (AvgIpc) is 3.77. The van der Waals surface area contributed by atoms with E-state index in [2.05, 4.69) is 9.97 Å². The number of nitrogens with zero attached hydrogens (tertiary/aromatic N) is 2. The van der Waals surface area contributed by atoms with Crippen molar-refractivity contribution in [1.29, 1.82) is 0 Å². The Balaban J connectivity index is 0.000000222. The van der Waals surface area contributed by atoms with Crippen molar-refractivity contribution >= 4 is 28.6 Å². The fourth-order valence-corrected chi connectivity index (χ4v) is 4.37. The topological polar surface area (TPSA) is 122 Å². The van der Waals surface area contributed by atoms with Gasteiger partial charge in [-0.05, 0) is 55.7 Å². The lowest BCUT2D eigenvalue weighted by molar-refractivity contribution is -0.141. The molecule has 1 aromatic carbocycles. The predicted octanol–water partition coefficient (Wildman–Crippen LogP) is 4.43. The van der Waals surface area contributed by atoms with Crippen LogP contribution in [0.25, 0.3) is 10.9 Å². The summed E-state index contributed by atoms with van der Waals surface area (Å²) in [7, 11) is 0. The largest absolute Gasteiger partial charge is 0.480 e. The number of likely N-dealkylation sites (tertiary alicyclic amines) is 1. The standard InChI is InChI=1S/C18H20F2N2O4.C8H8N2/c19-18(20)7-14(17(24)25)22(9-18)16(23)13-6-5-12(11-3-4-11)15(21-13)26-8-10-1-2-10;9-8-5-6-3-1-2-4-7(6)10-8/h5-6,10-11,14H,1-4,7-9H2,(H,24,25);1-5,10H,9H2/t14-;/m0./s1. The number of anilines is 1. The molecule has 6 rings (SSSR count). The zero-order valence-electron chi connectivity index (χ0n) is 19.6. The van der Waals surface area contributed by atoms with Crippen LogP contribution in [-0.2, 0) is 4.79 Å². The minimum Gasteiger partial charge on any atom is -0.480 e. The minimum atomic E-state index is -3.21. The van der Waals surface area contributed by atoms with Gasteiger partial charge >= 0.3 is 5.97 Å². The number of aromatic nitrogens is 2. The minimum absolute atomic E-state index is 0.0517. The monoisotopic (exact) mass is 498 g/mol. The van der Waals surface area contributed by atoms with Crippen molar-refractivity contribution in [3.05, 3.63) is 53.7 Å². The summed E-state index contributed by atoms with van der Waals surface area (Å²) >= 11 is 0. The number of pyridine rings is 1. The average molecular weight is 499 g/mol. The van der Waals surface area contributed by atoms with Gasteiger partial charge in [0, 0.05) is 22.9 Å². The second-order valence-electron chi connectivity index (χ2n) is 9.78. The predicted molar refractivity (Wildman–Crippen MR) is 129 cm³/mol. The number of aromatic amines is 1. The summed E-state index contributed by atoms with van der Waals surface area (Å²) in [6.07, 6.45) is 3.42. The molecular weight excluding hydrogens is 470 g/mol. The number of rotatable bonds is 6. The molecule has 3 aliphatic rings. The quantitative estimate of drug-likeness (QED) is 0.462. The van der Waals surface area contributed by atoms with Crippen molar-refractivity contribution in [2.75, 3.05) is 18.9 Å². The summed E-state index contributed by atoms with van der Waals surface area (Å²) in [5.41, 5.74) is 7.51. The number of nitrogens with one attached hydrogen (secondary N) is 1. The van der Waals surface area contributed by atoms with Gasteiger partial charge in [0.2, 0.25) is 5.88 Å². The van der Waals surface area contributed by atoms with E-state index in [0.717, 1.165) is 42.6 Å². The van der Waals surface area contributed by atoms with Gasteiger partial charge in [-0.25, -0.2) is 18.6 Å². The van der Waals surface area contributed by atoms with Gasteiger partial charge in [0.05, 0.1) is 13.2 Å². The molecule has 0 unspecified atom stereocenters. The van der Waals surface area contributed by atoms with E-state index >= 15 is 0 Å². The second-order valence-corrected chi connectivity index (χ2v) is 9.78. The Labute approximate surface area is 206 Å². The van der Waals surface area contributed by atoms with Crippen LogP contribution in [0.5, 0.6) is 5.88 Å². The number of carboxylic acid groups (broad SMARTS) is 1. The van der Waals surface area contributed by atoms with E-state index in [4.69, 9.17) is 10.5 Å². The van der Waals surface area contributed by atoms with Crippen LogP contribution in [0.4, 0.5) is 14.6 Å². The van der Waals surface area contributed by atoms with E-state index in [1.54, 1.807) is 6.07 Å². The van der Waals surface area contributed by atoms with E-state index in [0.29, 0.717) is 29.2 Å². The van der Waals surface area contributed by atoms with Gasteiger partial charge in [-0.15, -0.1) is 0 Å². The third-order valence-corrected chi connectivity index (χ3v) is 6.65. The van der Waals surface area contributed by atoms with E-state index < -0.39 is 36.8 Å². The number of amides is 1. The Morgan fingerprint density at radius 3 is 2.58 bits per heavy atom. The van der Waals surface area contributed by atoms with E-state index in [-0.39, 0.29) is 5.69 Å². The molecule has 1 aliphatic heterocycles. The molecule has 3 aromatic rings. The Bertz CT molecular complexity index is 1250. The van der Waals surface area contributed by atoms with Crippen LogP contribution < -0.4 is 10.5 Å². The van der Waals surface area contributed by atoms with Crippen LogP contribution in [0.1, 0.15) is 54.1 Å². The maximum atomic E-state index is 13.7. The molecule has 0 radical (unpaired) electrons. The molecule has 190 valence electrons. The first-order chi connectivity index (χ1) is 17.2. The molecule has 0 bridgehead atoms. The molecular formula is C26H28F2N4O4. The fourth-order valence-electron chi connectivity index (χ4n) is 4.37. The highest BCUT2D eigenvalue weighted by Crippen LogP contribution is 2.44. The van der Waals surface area contributed by atoms with Gasteiger partial charge in [0.25, 0.3) is 11.8 Å². The summed E-state index contributed by atoms with van der Waals surface area (Å²) < 4.78 is 33.1. The molecule has 1 atom stereocenters. The van der Waals surface area contributed by atoms with Gasteiger partial charge in [-0.1, -0.05) is 24.3 Å². The van der Waals surface area contributed by atoms with Crippen LogP contribution in [0.15, 0.2) is 42.5 Å². The molecule has 3 heterocycles. The number of fused-ring (bicyclic) bond motifs is 1. The molecule has 1 saturated heterocycles. The number of carbonyl (C=O) groups is 2. The number of nitrogen functional groups attached to an aromatic ring is 1. The molecule has 2 aromatic heterocycles. The molecule has 10 heteroatoms. The van der Waals surface area contributed by atoms with Gasteiger partial charge in [-0.3, -0.25) is 4.79 Å². The lowest BCUT2D eigenvalue weighted by Gasteiger charge is -2.21. The number of para-hydroxylation sites is 1. The SMILES string of the molecule is Nc1cc2ccccc2[nH]1.O=C(O)[C@@H]1CC(F)(F)CN1C(=O)c1ccc(C2CC2)c(OCC2CC2)n1. The first-order valence-electron chi connectivity index (χ1n) is 12.1. The number of ether oxygens (including phenoxy) is 1. The highest BCUT2D eigenvalue weighted by molar-refractivity contribution is 5.95. The number of carboxylic acids is 1. The van der Waals surface area contributed by atoms with Crippen molar-refractivity contribution in [1.82, 2.24) is 14.9 Å². The lowest BCUT2D eigenvalue weighted by Crippen LogP contribution is -2.41. The summed E-state index contributed by atoms with van der Waals surface area (Å²) in [6, 6.07) is 11.6. The number of benzene rings is 1. The molecule has 36 heavy (non-hydrogen) atoms. The highest BCUT2D eigenvalue weighted by Gasteiger charge is 2.50. The number of H-pyrrole nitrogens is 1. The molecule has 2 aliphatic carbocycles. The first-order valence-corrected chi connectivity index (χ1v) is 12.1. The molecule has 0 spiro atoms.